The highest BCUT2D eigenvalue weighted by molar-refractivity contribution is 7.89. The average Bonchev–Trinajstić information content (AvgIpc) is 2.81. The van der Waals surface area contributed by atoms with Crippen LogP contribution in [0.15, 0.2) is 18.2 Å². The van der Waals surface area contributed by atoms with Crippen LogP contribution < -0.4 is 4.74 Å². The number of aromatic nitrogens is 2. The van der Waals surface area contributed by atoms with Crippen molar-refractivity contribution in [2.75, 3.05) is 6.26 Å². The summed E-state index contributed by atoms with van der Waals surface area (Å²) in [5, 5.41) is 23.4. The minimum atomic E-state index is -3.34. The van der Waals surface area contributed by atoms with Gasteiger partial charge in [-0.2, -0.15) is 10.4 Å². The van der Waals surface area contributed by atoms with Crippen molar-refractivity contribution in [2.24, 2.45) is 0 Å². The van der Waals surface area contributed by atoms with E-state index in [0.717, 1.165) is 25.5 Å². The summed E-state index contributed by atoms with van der Waals surface area (Å²) in [5.74, 6) is 0.592. The quantitative estimate of drug-likeness (QED) is 0.806. The molecule has 1 aromatic carbocycles. The van der Waals surface area contributed by atoms with Gasteiger partial charge in [0.05, 0.1) is 17.2 Å². The second-order valence-electron chi connectivity index (χ2n) is 6.36. The number of benzene rings is 1. The number of aliphatic hydroxyl groups is 1. The predicted octanol–water partition coefficient (Wildman–Crippen LogP) is 2.96. The number of aliphatic hydroxyl groups excluding tert-OH is 1. The fraction of sp³-hybridized carbons (Fsp3) is 0.412. The molecule has 3 rings (SSSR count). The van der Waals surface area contributed by atoms with Crippen LogP contribution in [0.2, 0.25) is 5.02 Å². The van der Waals surface area contributed by atoms with E-state index in [1.54, 1.807) is 12.1 Å². The van der Waals surface area contributed by atoms with E-state index in [2.05, 4.69) is 5.10 Å². The highest BCUT2D eigenvalue weighted by atomic mass is 35.5. The minimum Gasteiger partial charge on any atom is -0.453 e. The first-order valence-corrected chi connectivity index (χ1v) is 10.5. The highest BCUT2D eigenvalue weighted by Gasteiger charge is 2.30. The van der Waals surface area contributed by atoms with Crippen molar-refractivity contribution in [1.29, 1.82) is 5.26 Å². The van der Waals surface area contributed by atoms with Gasteiger partial charge in [0.2, 0.25) is 0 Å². The van der Waals surface area contributed by atoms with E-state index in [0.29, 0.717) is 28.5 Å². The zero-order valence-electron chi connectivity index (χ0n) is 14.1. The molecule has 0 aliphatic heterocycles. The molecule has 0 spiro atoms. The van der Waals surface area contributed by atoms with Gasteiger partial charge in [-0.15, -0.1) is 0 Å². The largest absolute Gasteiger partial charge is 0.453 e. The Balaban J connectivity index is 2.03. The van der Waals surface area contributed by atoms with Gasteiger partial charge in [-0.25, -0.2) is 13.1 Å². The van der Waals surface area contributed by atoms with Crippen LogP contribution in [-0.2, 0) is 22.3 Å². The van der Waals surface area contributed by atoms with Crippen molar-refractivity contribution in [3.8, 4) is 17.6 Å². The molecule has 26 heavy (non-hydrogen) atoms. The summed E-state index contributed by atoms with van der Waals surface area (Å²) in [5.41, 5.74) is 1.27. The topological polar surface area (TPSA) is 105 Å². The first-order valence-electron chi connectivity index (χ1n) is 8.08. The normalized spacial score (nSPS) is 14.7. The number of hydrogen-bond acceptors (Lipinski definition) is 6. The van der Waals surface area contributed by atoms with Crippen molar-refractivity contribution in [1.82, 2.24) is 9.78 Å². The number of halogens is 1. The molecule has 0 bridgehead atoms. The molecule has 0 radical (unpaired) electrons. The van der Waals surface area contributed by atoms with Gasteiger partial charge in [-0.05, 0) is 25.0 Å². The van der Waals surface area contributed by atoms with Crippen molar-refractivity contribution < 1.29 is 18.3 Å². The van der Waals surface area contributed by atoms with E-state index in [-0.39, 0.29) is 16.8 Å². The maximum atomic E-state index is 11.7. The Morgan fingerprint density at radius 2 is 2.19 bits per heavy atom. The molecule has 2 aromatic rings. The smallest absolute Gasteiger partial charge is 0.174 e. The van der Waals surface area contributed by atoms with E-state index >= 15 is 0 Å². The van der Waals surface area contributed by atoms with Crippen molar-refractivity contribution >= 4 is 21.4 Å². The van der Waals surface area contributed by atoms with Crippen molar-refractivity contribution in [3.63, 3.8) is 0 Å². The van der Waals surface area contributed by atoms with E-state index in [4.69, 9.17) is 21.6 Å². The maximum Gasteiger partial charge on any atom is 0.174 e. The number of nitrogens with zero attached hydrogens (tertiary/aromatic N) is 3. The van der Waals surface area contributed by atoms with Crippen LogP contribution in [0.4, 0.5) is 0 Å². The first-order chi connectivity index (χ1) is 12.3. The lowest BCUT2D eigenvalue weighted by Crippen LogP contribution is -2.14. The van der Waals surface area contributed by atoms with E-state index < -0.39 is 16.4 Å². The number of hydrogen-bond donors (Lipinski definition) is 1. The molecule has 0 atom stereocenters. The Morgan fingerprint density at radius 1 is 1.46 bits per heavy atom. The fourth-order valence-electron chi connectivity index (χ4n) is 2.81. The van der Waals surface area contributed by atoms with Crippen LogP contribution >= 0.6 is 11.6 Å². The van der Waals surface area contributed by atoms with Gasteiger partial charge in [-0.3, -0.25) is 0 Å². The highest BCUT2D eigenvalue weighted by Crippen LogP contribution is 2.43. The zero-order chi connectivity index (χ0) is 18.9. The lowest BCUT2D eigenvalue weighted by Gasteiger charge is -2.24. The molecule has 0 saturated heterocycles. The Hall–Kier alpha value is -2.08. The molecule has 1 saturated carbocycles. The van der Waals surface area contributed by atoms with Crippen LogP contribution in [0.1, 0.15) is 42.1 Å². The second kappa shape index (κ2) is 7.27. The van der Waals surface area contributed by atoms with Gasteiger partial charge < -0.3 is 9.84 Å². The minimum absolute atomic E-state index is 0.171. The molecule has 1 aromatic heterocycles. The van der Waals surface area contributed by atoms with Gasteiger partial charge >= 0.3 is 0 Å². The Kier molecular flexibility index (Phi) is 5.23. The third-order valence-corrected chi connectivity index (χ3v) is 5.34. The van der Waals surface area contributed by atoms with Crippen LogP contribution in [0.25, 0.3) is 0 Å². The van der Waals surface area contributed by atoms with Crippen molar-refractivity contribution in [2.45, 2.75) is 37.7 Å². The summed E-state index contributed by atoms with van der Waals surface area (Å²) in [4.78, 5) is 0. The fourth-order valence-corrected chi connectivity index (χ4v) is 3.68. The van der Waals surface area contributed by atoms with Gasteiger partial charge in [-0.1, -0.05) is 18.0 Å². The van der Waals surface area contributed by atoms with Crippen LogP contribution in [0, 0.1) is 11.3 Å². The van der Waals surface area contributed by atoms with Crippen LogP contribution in [-0.4, -0.2) is 29.6 Å². The Morgan fingerprint density at radius 3 is 2.69 bits per heavy atom. The van der Waals surface area contributed by atoms with E-state index in [9.17, 15) is 13.5 Å². The standard InChI is InChI=1S/C17H18ClN3O4S/c1-26(23,24)10-21-15(9-22)17(16(20-21)11-3-2-4-11)25-13-6-5-12(8-19)14(18)7-13/h5-7,11,22H,2-4,9-10H2,1H3. The molecular weight excluding hydrogens is 378 g/mol. The summed E-state index contributed by atoms with van der Waals surface area (Å²) >= 11 is 6.05. The Labute approximate surface area is 156 Å². The number of nitriles is 1. The van der Waals surface area contributed by atoms with E-state index in [1.165, 1.54) is 10.7 Å². The summed E-state index contributed by atoms with van der Waals surface area (Å²) in [7, 11) is -3.34. The molecule has 138 valence electrons. The average molecular weight is 396 g/mol. The molecule has 1 aliphatic rings. The summed E-state index contributed by atoms with van der Waals surface area (Å²) in [6.45, 7) is -0.408. The second-order valence-corrected chi connectivity index (χ2v) is 8.87. The lowest BCUT2D eigenvalue weighted by molar-refractivity contribution is 0.264. The number of sulfone groups is 1. The van der Waals surface area contributed by atoms with Crippen molar-refractivity contribution in [3.05, 3.63) is 40.2 Å². The van der Waals surface area contributed by atoms with Crippen LogP contribution in [0.3, 0.4) is 0 Å². The Bertz CT molecular complexity index is 975. The summed E-state index contributed by atoms with van der Waals surface area (Å²) in [6.07, 6.45) is 4.05. The number of rotatable bonds is 6. The molecule has 1 aliphatic carbocycles. The molecule has 7 nitrogen and oxygen atoms in total. The lowest BCUT2D eigenvalue weighted by atomic mass is 9.82. The third kappa shape index (κ3) is 3.85. The predicted molar refractivity (Wildman–Crippen MR) is 95.8 cm³/mol. The van der Waals surface area contributed by atoms with Gasteiger partial charge in [0.1, 0.15) is 29.1 Å². The van der Waals surface area contributed by atoms with Gasteiger partial charge in [0.15, 0.2) is 15.6 Å². The van der Waals surface area contributed by atoms with E-state index in [1.807, 2.05) is 6.07 Å². The molecule has 1 fully saturated rings. The SMILES string of the molecule is CS(=O)(=O)Cn1nc(C2CCC2)c(Oc2ccc(C#N)c(Cl)c2)c1CO. The maximum absolute atomic E-state index is 11.7. The molecule has 0 unspecified atom stereocenters. The zero-order valence-corrected chi connectivity index (χ0v) is 15.7. The first kappa shape index (κ1) is 18.7. The molecule has 9 heteroatoms. The summed E-state index contributed by atoms with van der Waals surface area (Å²) in [6, 6.07) is 6.63. The molecule has 0 amide bonds. The van der Waals surface area contributed by atoms with Gasteiger partial charge in [0, 0.05) is 18.2 Å². The van der Waals surface area contributed by atoms with Gasteiger partial charge in [0.25, 0.3) is 0 Å². The monoisotopic (exact) mass is 395 g/mol. The molecule has 1 heterocycles. The molecular formula is C17H18ClN3O4S. The number of ether oxygens (including phenoxy) is 1. The summed E-state index contributed by atoms with van der Waals surface area (Å²) < 4.78 is 30.6. The third-order valence-electron chi connectivity index (χ3n) is 4.31. The molecule has 1 N–H and O–H groups in total. The van der Waals surface area contributed by atoms with Crippen LogP contribution in [0.5, 0.6) is 11.5 Å².